The summed E-state index contributed by atoms with van der Waals surface area (Å²) in [5, 5.41) is 9.66. The monoisotopic (exact) mass is 261 g/mol. The molecule has 96 valence electrons. The van der Waals surface area contributed by atoms with E-state index in [2.05, 4.69) is 15.5 Å². The van der Waals surface area contributed by atoms with Crippen LogP contribution < -0.4 is 5.73 Å². The average Bonchev–Trinajstić information content (AvgIpc) is 2.67. The van der Waals surface area contributed by atoms with Crippen molar-refractivity contribution in [1.29, 1.82) is 0 Å². The van der Waals surface area contributed by atoms with Gasteiger partial charge in [-0.1, -0.05) is 0 Å². The highest BCUT2D eigenvalue weighted by atomic mass is 19.4. The normalized spacial score (nSPS) is 11.8. The van der Waals surface area contributed by atoms with Crippen LogP contribution in [0, 0.1) is 5.82 Å². The van der Waals surface area contributed by atoms with E-state index in [1.165, 1.54) is 12.1 Å². The molecule has 0 saturated carbocycles. The van der Waals surface area contributed by atoms with Crippen molar-refractivity contribution in [2.45, 2.75) is 12.7 Å². The van der Waals surface area contributed by atoms with E-state index >= 15 is 0 Å². The SMILES string of the molecule is Nc1ccc(F)c(-c2nnnn2CC(F)(F)F)c1. The fraction of sp³-hybridized carbons (Fsp3) is 0.222. The van der Waals surface area contributed by atoms with Crippen molar-refractivity contribution in [1.82, 2.24) is 20.2 Å². The number of halogens is 4. The second-order valence-corrected chi connectivity index (χ2v) is 3.51. The number of alkyl halides is 3. The van der Waals surface area contributed by atoms with Gasteiger partial charge < -0.3 is 5.73 Å². The molecule has 9 heteroatoms. The Bertz CT molecular complexity index is 562. The molecule has 18 heavy (non-hydrogen) atoms. The molecule has 0 atom stereocenters. The third kappa shape index (κ3) is 2.55. The number of tetrazole rings is 1. The Hall–Kier alpha value is -2.19. The highest BCUT2D eigenvalue weighted by molar-refractivity contribution is 5.61. The summed E-state index contributed by atoms with van der Waals surface area (Å²) < 4.78 is 50.7. The second-order valence-electron chi connectivity index (χ2n) is 3.51. The molecule has 1 aromatic heterocycles. The summed E-state index contributed by atoms with van der Waals surface area (Å²) in [6, 6.07) is 3.50. The first kappa shape index (κ1) is 12.3. The largest absolute Gasteiger partial charge is 0.408 e. The molecule has 0 bridgehead atoms. The van der Waals surface area contributed by atoms with Crippen LogP contribution >= 0.6 is 0 Å². The van der Waals surface area contributed by atoms with Crippen LogP contribution in [0.3, 0.4) is 0 Å². The number of aromatic nitrogens is 4. The number of hydrogen-bond donors (Lipinski definition) is 1. The highest BCUT2D eigenvalue weighted by Crippen LogP contribution is 2.25. The third-order valence-electron chi connectivity index (χ3n) is 2.09. The van der Waals surface area contributed by atoms with Gasteiger partial charge in [0, 0.05) is 5.69 Å². The quantitative estimate of drug-likeness (QED) is 0.658. The first-order valence-electron chi connectivity index (χ1n) is 4.75. The summed E-state index contributed by atoms with van der Waals surface area (Å²) in [7, 11) is 0. The summed E-state index contributed by atoms with van der Waals surface area (Å²) >= 11 is 0. The van der Waals surface area contributed by atoms with Gasteiger partial charge in [-0.15, -0.1) is 5.10 Å². The molecule has 2 rings (SSSR count). The van der Waals surface area contributed by atoms with Gasteiger partial charge in [-0.25, -0.2) is 9.07 Å². The molecule has 1 heterocycles. The molecule has 0 fully saturated rings. The predicted molar refractivity (Wildman–Crippen MR) is 53.7 cm³/mol. The van der Waals surface area contributed by atoms with Crippen molar-refractivity contribution < 1.29 is 17.6 Å². The number of hydrogen-bond acceptors (Lipinski definition) is 4. The average molecular weight is 261 g/mol. The molecule has 2 aromatic rings. The number of nitrogens with zero attached hydrogens (tertiary/aromatic N) is 4. The summed E-state index contributed by atoms with van der Waals surface area (Å²) in [6.45, 7) is -1.40. The first-order chi connectivity index (χ1) is 8.37. The van der Waals surface area contributed by atoms with Crippen molar-refractivity contribution >= 4 is 5.69 Å². The number of rotatable bonds is 2. The topological polar surface area (TPSA) is 69.6 Å². The molecule has 1 aromatic carbocycles. The lowest BCUT2D eigenvalue weighted by Crippen LogP contribution is -2.19. The van der Waals surface area contributed by atoms with Crippen molar-refractivity contribution in [3.63, 3.8) is 0 Å². The van der Waals surface area contributed by atoms with Gasteiger partial charge in [0.2, 0.25) is 0 Å². The van der Waals surface area contributed by atoms with Crippen LogP contribution in [-0.4, -0.2) is 26.4 Å². The minimum atomic E-state index is -4.50. The highest BCUT2D eigenvalue weighted by Gasteiger charge is 2.30. The maximum atomic E-state index is 13.5. The molecule has 0 saturated heterocycles. The number of benzene rings is 1. The van der Waals surface area contributed by atoms with Gasteiger partial charge >= 0.3 is 6.18 Å². The van der Waals surface area contributed by atoms with Gasteiger partial charge in [-0.3, -0.25) is 0 Å². The van der Waals surface area contributed by atoms with E-state index in [4.69, 9.17) is 5.73 Å². The summed E-state index contributed by atoms with van der Waals surface area (Å²) in [6.07, 6.45) is -4.50. The lowest BCUT2D eigenvalue weighted by molar-refractivity contribution is -0.142. The van der Waals surface area contributed by atoms with Gasteiger partial charge in [0.25, 0.3) is 0 Å². The smallest absolute Gasteiger partial charge is 0.399 e. The molecule has 0 amide bonds. The molecule has 0 unspecified atom stereocenters. The Kier molecular flexibility index (Phi) is 2.89. The maximum absolute atomic E-state index is 13.5. The summed E-state index contributed by atoms with van der Waals surface area (Å²) in [4.78, 5) is 0. The van der Waals surface area contributed by atoms with Gasteiger partial charge in [0.15, 0.2) is 5.82 Å². The van der Waals surface area contributed by atoms with Crippen LogP contribution in [0.4, 0.5) is 23.2 Å². The molecule has 0 spiro atoms. The fourth-order valence-corrected chi connectivity index (χ4v) is 1.39. The van der Waals surface area contributed by atoms with E-state index in [0.717, 1.165) is 6.07 Å². The third-order valence-corrected chi connectivity index (χ3v) is 2.09. The van der Waals surface area contributed by atoms with Crippen LogP contribution in [-0.2, 0) is 6.54 Å². The van der Waals surface area contributed by atoms with Crippen LogP contribution in [0.5, 0.6) is 0 Å². The van der Waals surface area contributed by atoms with Crippen LogP contribution in [0.15, 0.2) is 18.2 Å². The van der Waals surface area contributed by atoms with E-state index in [9.17, 15) is 17.6 Å². The lowest BCUT2D eigenvalue weighted by Gasteiger charge is -2.08. The Labute approximate surface area is 98.2 Å². The molecule has 5 nitrogen and oxygen atoms in total. The fourth-order valence-electron chi connectivity index (χ4n) is 1.39. The standard InChI is InChI=1S/C9H7F4N5/c10-7-2-1-5(14)3-6(7)8-15-16-17-18(8)4-9(11,12)13/h1-3H,4,14H2. The van der Waals surface area contributed by atoms with E-state index < -0.39 is 18.5 Å². The Morgan fingerprint density at radius 1 is 1.28 bits per heavy atom. The zero-order valence-electron chi connectivity index (χ0n) is 8.82. The van der Waals surface area contributed by atoms with Crippen LogP contribution in [0.25, 0.3) is 11.4 Å². The van der Waals surface area contributed by atoms with Crippen molar-refractivity contribution in [3.05, 3.63) is 24.0 Å². The Balaban J connectivity index is 2.45. The molecular weight excluding hydrogens is 254 g/mol. The lowest BCUT2D eigenvalue weighted by atomic mass is 10.2. The van der Waals surface area contributed by atoms with E-state index in [0.29, 0.717) is 4.68 Å². The number of nitrogens with two attached hydrogens (primary N) is 1. The zero-order valence-corrected chi connectivity index (χ0v) is 8.82. The Morgan fingerprint density at radius 2 is 2.00 bits per heavy atom. The Morgan fingerprint density at radius 3 is 2.67 bits per heavy atom. The minimum absolute atomic E-state index is 0.177. The molecular formula is C9H7F4N5. The van der Waals surface area contributed by atoms with E-state index in [1.807, 2.05) is 0 Å². The molecule has 0 aliphatic heterocycles. The second kappa shape index (κ2) is 4.24. The van der Waals surface area contributed by atoms with Gasteiger partial charge in [0.05, 0.1) is 5.56 Å². The predicted octanol–water partition coefficient (Wildman–Crippen LogP) is 1.62. The molecule has 0 aliphatic rings. The van der Waals surface area contributed by atoms with Gasteiger partial charge in [0.1, 0.15) is 12.4 Å². The number of nitrogen functional groups attached to an aromatic ring is 1. The van der Waals surface area contributed by atoms with E-state index in [1.54, 1.807) is 0 Å². The summed E-state index contributed by atoms with van der Waals surface area (Å²) in [5.41, 5.74) is 5.47. The van der Waals surface area contributed by atoms with Crippen molar-refractivity contribution in [3.8, 4) is 11.4 Å². The van der Waals surface area contributed by atoms with Gasteiger partial charge in [-0.05, 0) is 28.6 Å². The van der Waals surface area contributed by atoms with Crippen molar-refractivity contribution in [2.75, 3.05) is 5.73 Å². The molecule has 2 N–H and O–H groups in total. The van der Waals surface area contributed by atoms with Gasteiger partial charge in [-0.2, -0.15) is 13.2 Å². The first-order valence-corrected chi connectivity index (χ1v) is 4.75. The summed E-state index contributed by atoms with van der Waals surface area (Å²) in [5.74, 6) is -1.07. The van der Waals surface area contributed by atoms with Crippen LogP contribution in [0.2, 0.25) is 0 Å². The van der Waals surface area contributed by atoms with Crippen LogP contribution in [0.1, 0.15) is 0 Å². The van der Waals surface area contributed by atoms with E-state index in [-0.39, 0.29) is 17.1 Å². The number of anilines is 1. The minimum Gasteiger partial charge on any atom is -0.399 e. The maximum Gasteiger partial charge on any atom is 0.408 e. The van der Waals surface area contributed by atoms with Crippen molar-refractivity contribution in [2.24, 2.45) is 0 Å². The molecule has 0 aliphatic carbocycles. The zero-order chi connectivity index (χ0) is 13.3. The molecule has 0 radical (unpaired) electrons.